The lowest BCUT2D eigenvalue weighted by molar-refractivity contribution is 0.352. The second kappa shape index (κ2) is 5.90. The molecule has 0 aliphatic rings. The molecule has 0 aromatic rings. The molecule has 0 saturated heterocycles. The van der Waals surface area contributed by atoms with Gasteiger partial charge < -0.3 is 9.05 Å². The summed E-state index contributed by atoms with van der Waals surface area (Å²) in [6, 6.07) is 0. The van der Waals surface area contributed by atoms with E-state index in [4.69, 9.17) is 9.05 Å². The summed E-state index contributed by atoms with van der Waals surface area (Å²) < 4.78 is 20.4. The van der Waals surface area contributed by atoms with Gasteiger partial charge in [0.2, 0.25) is 0 Å². The lowest BCUT2D eigenvalue weighted by atomic mass is 10.4. The normalized spacial score (nSPS) is 9.08. The molecule has 0 aliphatic heterocycles. The van der Waals surface area contributed by atoms with Crippen molar-refractivity contribution in [1.29, 1.82) is 0 Å². The van der Waals surface area contributed by atoms with Gasteiger partial charge in [-0.15, -0.1) is 0 Å². The maximum atomic E-state index is 10.9. The summed E-state index contributed by atoms with van der Waals surface area (Å²) in [6.07, 6.45) is 2.86. The number of hydrogen-bond acceptors (Lipinski definition) is 3. The molecule has 70 valence electrons. The van der Waals surface area contributed by atoms with Crippen LogP contribution in [0.1, 0.15) is 27.7 Å². The second-order valence-electron chi connectivity index (χ2n) is 2.88. The van der Waals surface area contributed by atoms with Crippen LogP contribution in [-0.2, 0) is 13.6 Å². The molecule has 0 unspecified atom stereocenters. The van der Waals surface area contributed by atoms with Crippen LogP contribution in [0.3, 0.4) is 0 Å². The van der Waals surface area contributed by atoms with E-state index in [1.165, 1.54) is 12.5 Å². The highest BCUT2D eigenvalue weighted by molar-refractivity contribution is 7.33. The summed E-state index contributed by atoms with van der Waals surface area (Å²) in [4.78, 5) is 0. The average Bonchev–Trinajstić information content (AvgIpc) is 1.96. The van der Waals surface area contributed by atoms with Crippen LogP contribution < -0.4 is 0 Å². The Labute approximate surface area is 74.0 Å². The zero-order valence-electron chi connectivity index (χ0n) is 7.88. The molecule has 0 N–H and O–H groups in total. The molecule has 0 saturated carbocycles. The van der Waals surface area contributed by atoms with Gasteiger partial charge in [0.05, 0.1) is 12.5 Å². The summed E-state index contributed by atoms with van der Waals surface area (Å²) in [7, 11) is -2.38. The molecular weight excluding hydrogens is 175 g/mol. The van der Waals surface area contributed by atoms with E-state index in [-0.39, 0.29) is 0 Å². The van der Waals surface area contributed by atoms with Crippen molar-refractivity contribution in [3.63, 3.8) is 0 Å². The minimum atomic E-state index is -2.38. The maximum absolute atomic E-state index is 10.9. The van der Waals surface area contributed by atoms with Crippen molar-refractivity contribution < 1.29 is 13.6 Å². The molecule has 0 amide bonds. The second-order valence-corrected chi connectivity index (χ2v) is 3.85. The molecule has 0 aromatic heterocycles. The van der Waals surface area contributed by atoms with Gasteiger partial charge in [-0.1, -0.05) is 0 Å². The Morgan fingerprint density at radius 2 is 1.33 bits per heavy atom. The predicted molar refractivity (Wildman–Crippen MR) is 50.0 cm³/mol. The first-order chi connectivity index (χ1) is 5.52. The Kier molecular flexibility index (Phi) is 5.56. The van der Waals surface area contributed by atoms with Crippen molar-refractivity contribution in [2.45, 2.75) is 27.7 Å². The van der Waals surface area contributed by atoms with E-state index in [1.807, 2.05) is 27.7 Å². The number of rotatable bonds is 4. The predicted octanol–water partition coefficient (Wildman–Crippen LogP) is 3.26. The standard InChI is InChI=1S/C8H15O3P/c1-7(2)5-10-12(9)11-6-8(3)4/h5-6,12H,1-4H3. The van der Waals surface area contributed by atoms with Gasteiger partial charge in [-0.05, 0) is 38.8 Å². The summed E-state index contributed by atoms with van der Waals surface area (Å²) >= 11 is 0. The van der Waals surface area contributed by atoms with Crippen LogP contribution >= 0.6 is 8.25 Å². The number of hydrogen-bond donors (Lipinski definition) is 0. The summed E-state index contributed by atoms with van der Waals surface area (Å²) in [6.45, 7) is 7.43. The van der Waals surface area contributed by atoms with Gasteiger partial charge in [0, 0.05) is 0 Å². The van der Waals surface area contributed by atoms with Crippen LogP contribution in [0.4, 0.5) is 0 Å². The molecule has 0 heterocycles. The van der Waals surface area contributed by atoms with Crippen LogP contribution in [0.15, 0.2) is 23.7 Å². The van der Waals surface area contributed by atoms with E-state index in [9.17, 15) is 4.57 Å². The molecule has 12 heavy (non-hydrogen) atoms. The minimum Gasteiger partial charge on any atom is -0.426 e. The quantitative estimate of drug-likeness (QED) is 0.504. The van der Waals surface area contributed by atoms with Crippen molar-refractivity contribution in [2.24, 2.45) is 0 Å². The minimum absolute atomic E-state index is 0.953. The summed E-state index contributed by atoms with van der Waals surface area (Å²) in [5.41, 5.74) is 1.91. The van der Waals surface area contributed by atoms with Crippen molar-refractivity contribution in [1.82, 2.24) is 0 Å². The maximum Gasteiger partial charge on any atom is 0.417 e. The smallest absolute Gasteiger partial charge is 0.417 e. The average molecular weight is 190 g/mol. The largest absolute Gasteiger partial charge is 0.426 e. The highest BCUT2D eigenvalue weighted by Crippen LogP contribution is 2.25. The van der Waals surface area contributed by atoms with E-state index in [0.717, 1.165) is 11.1 Å². The third-order valence-corrected chi connectivity index (χ3v) is 1.40. The van der Waals surface area contributed by atoms with Crippen LogP contribution in [0.2, 0.25) is 0 Å². The van der Waals surface area contributed by atoms with Crippen LogP contribution in [0.25, 0.3) is 0 Å². The molecule has 0 radical (unpaired) electrons. The SMILES string of the molecule is CC(C)=CO[PH](=O)OC=C(C)C. The fourth-order valence-electron chi connectivity index (χ4n) is 0.360. The molecule has 3 nitrogen and oxygen atoms in total. The lowest BCUT2D eigenvalue weighted by Crippen LogP contribution is -1.73. The molecule has 0 aromatic carbocycles. The third-order valence-electron chi connectivity index (χ3n) is 0.782. The lowest BCUT2D eigenvalue weighted by Gasteiger charge is -2.00. The Morgan fingerprint density at radius 1 is 1.00 bits per heavy atom. The molecule has 0 aliphatic carbocycles. The Balaban J connectivity index is 3.76. The van der Waals surface area contributed by atoms with Crippen LogP contribution in [0.5, 0.6) is 0 Å². The molecule has 0 atom stereocenters. The zero-order valence-corrected chi connectivity index (χ0v) is 8.88. The molecular formula is C8H15O3P. The van der Waals surface area contributed by atoms with E-state index in [2.05, 4.69) is 0 Å². The Bertz CT molecular complexity index is 188. The van der Waals surface area contributed by atoms with Crippen molar-refractivity contribution in [3.05, 3.63) is 23.7 Å². The van der Waals surface area contributed by atoms with Crippen LogP contribution in [0, 0.1) is 0 Å². The summed E-state index contributed by atoms with van der Waals surface area (Å²) in [5.74, 6) is 0. The first-order valence-corrected chi connectivity index (χ1v) is 4.89. The Morgan fingerprint density at radius 3 is 1.58 bits per heavy atom. The first-order valence-electron chi connectivity index (χ1n) is 3.66. The fourth-order valence-corrected chi connectivity index (χ4v) is 1.08. The van der Waals surface area contributed by atoms with Crippen LogP contribution in [-0.4, -0.2) is 0 Å². The Hall–Kier alpha value is -0.690. The van der Waals surface area contributed by atoms with E-state index >= 15 is 0 Å². The van der Waals surface area contributed by atoms with Gasteiger partial charge >= 0.3 is 8.25 Å². The van der Waals surface area contributed by atoms with Crippen molar-refractivity contribution in [3.8, 4) is 0 Å². The van der Waals surface area contributed by atoms with Gasteiger partial charge in [-0.3, -0.25) is 0 Å². The third kappa shape index (κ3) is 7.42. The highest BCUT2D eigenvalue weighted by atomic mass is 31.1. The molecule has 0 bridgehead atoms. The first kappa shape index (κ1) is 11.3. The van der Waals surface area contributed by atoms with Gasteiger partial charge in [-0.2, -0.15) is 0 Å². The van der Waals surface area contributed by atoms with Crippen molar-refractivity contribution >= 4 is 8.25 Å². The van der Waals surface area contributed by atoms with E-state index < -0.39 is 8.25 Å². The van der Waals surface area contributed by atoms with Gasteiger partial charge in [0.1, 0.15) is 0 Å². The van der Waals surface area contributed by atoms with E-state index in [1.54, 1.807) is 0 Å². The van der Waals surface area contributed by atoms with Gasteiger partial charge in [0.15, 0.2) is 0 Å². The molecule has 0 spiro atoms. The molecule has 4 heteroatoms. The van der Waals surface area contributed by atoms with Gasteiger partial charge in [-0.25, -0.2) is 4.57 Å². The zero-order chi connectivity index (χ0) is 9.56. The molecule has 0 fully saturated rings. The highest BCUT2D eigenvalue weighted by Gasteiger charge is 1.93. The van der Waals surface area contributed by atoms with E-state index in [0.29, 0.717) is 0 Å². The number of allylic oxidation sites excluding steroid dienone is 2. The molecule has 0 rings (SSSR count). The monoisotopic (exact) mass is 190 g/mol. The topological polar surface area (TPSA) is 35.5 Å². The van der Waals surface area contributed by atoms with Gasteiger partial charge in [0.25, 0.3) is 0 Å². The fraction of sp³-hybridized carbons (Fsp3) is 0.500. The summed E-state index contributed by atoms with van der Waals surface area (Å²) in [5, 5.41) is 0. The van der Waals surface area contributed by atoms with Crippen molar-refractivity contribution in [2.75, 3.05) is 0 Å².